The van der Waals surface area contributed by atoms with Crippen LogP contribution in [-0.2, 0) is 0 Å². The molecule has 0 saturated carbocycles. The van der Waals surface area contributed by atoms with Crippen molar-refractivity contribution in [2.24, 2.45) is 29.4 Å². The number of hydrogen-bond acceptors (Lipinski definition) is 3. The molecule has 3 nitrogen and oxygen atoms in total. The van der Waals surface area contributed by atoms with Gasteiger partial charge in [-0.3, -0.25) is 9.80 Å². The minimum atomic E-state index is 0.352. The zero-order chi connectivity index (χ0) is 15.1. The van der Waals surface area contributed by atoms with Crippen LogP contribution in [0.25, 0.3) is 0 Å². The van der Waals surface area contributed by atoms with E-state index in [4.69, 9.17) is 5.73 Å². The summed E-state index contributed by atoms with van der Waals surface area (Å²) in [4.78, 5) is 5.61. The van der Waals surface area contributed by atoms with Crippen molar-refractivity contribution in [3.63, 3.8) is 0 Å². The fourth-order valence-electron chi connectivity index (χ4n) is 5.12. The van der Waals surface area contributed by atoms with Crippen LogP contribution in [0.15, 0.2) is 0 Å². The monoisotopic (exact) mass is 293 g/mol. The third-order valence-corrected chi connectivity index (χ3v) is 6.32. The first-order chi connectivity index (χ1) is 9.97. The second-order valence-electron chi connectivity index (χ2n) is 8.59. The van der Waals surface area contributed by atoms with Gasteiger partial charge < -0.3 is 5.73 Å². The van der Waals surface area contributed by atoms with Gasteiger partial charge in [-0.05, 0) is 56.0 Å². The number of likely N-dealkylation sites (tertiary alicyclic amines) is 1. The maximum atomic E-state index is 6.46. The van der Waals surface area contributed by atoms with E-state index in [1.807, 2.05) is 0 Å². The number of piperidine rings is 3. The van der Waals surface area contributed by atoms with E-state index in [1.165, 1.54) is 45.4 Å². The molecule has 3 heteroatoms. The van der Waals surface area contributed by atoms with Crippen LogP contribution in [0.3, 0.4) is 0 Å². The minimum Gasteiger partial charge on any atom is -0.327 e. The van der Waals surface area contributed by atoms with E-state index in [0.717, 1.165) is 23.8 Å². The van der Waals surface area contributed by atoms with E-state index in [2.05, 4.69) is 37.5 Å². The number of fused-ring (bicyclic) bond motifs is 2. The predicted octanol–water partition coefficient (Wildman–Crippen LogP) is 2.41. The second-order valence-corrected chi connectivity index (χ2v) is 8.59. The van der Waals surface area contributed by atoms with Crippen molar-refractivity contribution in [1.29, 1.82) is 0 Å². The summed E-state index contributed by atoms with van der Waals surface area (Å²) in [5.74, 6) is 3.28. The maximum Gasteiger partial charge on any atom is 0.0295 e. The van der Waals surface area contributed by atoms with Gasteiger partial charge in [0.2, 0.25) is 0 Å². The Morgan fingerprint density at radius 3 is 2.33 bits per heavy atom. The Bertz CT molecular complexity index is 346. The lowest BCUT2D eigenvalue weighted by Crippen LogP contribution is -2.58. The van der Waals surface area contributed by atoms with E-state index in [-0.39, 0.29) is 0 Å². The van der Waals surface area contributed by atoms with Gasteiger partial charge in [-0.1, -0.05) is 27.7 Å². The number of nitrogens with zero attached hydrogens (tertiary/aromatic N) is 2. The lowest BCUT2D eigenvalue weighted by atomic mass is 9.73. The first kappa shape index (κ1) is 15.8. The van der Waals surface area contributed by atoms with Gasteiger partial charge in [-0.2, -0.15) is 0 Å². The van der Waals surface area contributed by atoms with Crippen LogP contribution in [0.4, 0.5) is 0 Å². The van der Waals surface area contributed by atoms with Gasteiger partial charge >= 0.3 is 0 Å². The highest BCUT2D eigenvalue weighted by molar-refractivity contribution is 5.07. The average molecular weight is 293 g/mol. The molecule has 0 aromatic rings. The Labute approximate surface area is 131 Å². The topological polar surface area (TPSA) is 32.5 Å². The maximum absolute atomic E-state index is 6.46. The molecule has 4 aliphatic rings. The summed E-state index contributed by atoms with van der Waals surface area (Å²) in [5, 5.41) is 0. The zero-order valence-electron chi connectivity index (χ0n) is 14.5. The Balaban J connectivity index is 1.77. The summed E-state index contributed by atoms with van der Waals surface area (Å²) >= 11 is 0. The van der Waals surface area contributed by atoms with Crippen LogP contribution >= 0.6 is 0 Å². The lowest BCUT2D eigenvalue weighted by molar-refractivity contribution is 0.000521. The molecule has 0 aromatic heterocycles. The van der Waals surface area contributed by atoms with E-state index < -0.39 is 0 Å². The lowest BCUT2D eigenvalue weighted by Gasteiger charge is -2.50. The van der Waals surface area contributed by atoms with Gasteiger partial charge in [0, 0.05) is 31.2 Å². The molecule has 4 unspecified atom stereocenters. The van der Waals surface area contributed by atoms with E-state index in [9.17, 15) is 0 Å². The largest absolute Gasteiger partial charge is 0.327 e. The second kappa shape index (κ2) is 6.17. The number of nitrogens with two attached hydrogens (primary N) is 1. The highest BCUT2D eigenvalue weighted by atomic mass is 15.3. The minimum absolute atomic E-state index is 0.352. The molecule has 0 spiro atoms. The Morgan fingerprint density at radius 2 is 1.76 bits per heavy atom. The first-order valence-corrected chi connectivity index (χ1v) is 9.21. The normalized spacial score (nSPS) is 41.0. The highest BCUT2D eigenvalue weighted by Gasteiger charge is 2.52. The molecule has 4 atom stereocenters. The van der Waals surface area contributed by atoms with Crippen molar-refractivity contribution in [2.45, 2.75) is 65.1 Å². The van der Waals surface area contributed by atoms with Crippen LogP contribution in [0.5, 0.6) is 0 Å². The van der Waals surface area contributed by atoms with Gasteiger partial charge in [0.05, 0.1) is 0 Å². The summed E-state index contributed by atoms with van der Waals surface area (Å²) < 4.78 is 0. The predicted molar refractivity (Wildman–Crippen MR) is 89.2 cm³/mol. The highest BCUT2D eigenvalue weighted by Crippen LogP contribution is 2.45. The molecule has 4 heterocycles. The quantitative estimate of drug-likeness (QED) is 0.845. The molecule has 4 rings (SSSR count). The van der Waals surface area contributed by atoms with Crippen molar-refractivity contribution in [1.82, 2.24) is 9.80 Å². The van der Waals surface area contributed by atoms with Gasteiger partial charge in [0.1, 0.15) is 0 Å². The van der Waals surface area contributed by atoms with Crippen molar-refractivity contribution in [3.8, 4) is 0 Å². The van der Waals surface area contributed by atoms with Gasteiger partial charge in [0.25, 0.3) is 0 Å². The van der Waals surface area contributed by atoms with Crippen molar-refractivity contribution >= 4 is 0 Å². The molecule has 0 aliphatic carbocycles. The smallest absolute Gasteiger partial charge is 0.0295 e. The summed E-state index contributed by atoms with van der Waals surface area (Å²) in [6.07, 6.45) is 4.08. The molecule has 0 amide bonds. The average Bonchev–Trinajstić information content (AvgIpc) is 2.79. The molecule has 4 fully saturated rings. The molecular weight excluding hydrogens is 258 g/mol. The molecule has 2 N–H and O–H groups in total. The Hall–Kier alpha value is -0.120. The zero-order valence-corrected chi connectivity index (χ0v) is 14.5. The molecule has 2 bridgehead atoms. The summed E-state index contributed by atoms with van der Waals surface area (Å²) in [6, 6.07) is 1.86. The first-order valence-electron chi connectivity index (χ1n) is 9.21. The number of rotatable bonds is 5. The summed E-state index contributed by atoms with van der Waals surface area (Å²) in [5.41, 5.74) is 6.46. The number of hydrogen-bond donors (Lipinski definition) is 1. The van der Waals surface area contributed by atoms with Crippen LogP contribution in [-0.4, -0.2) is 54.1 Å². The third-order valence-electron chi connectivity index (χ3n) is 6.32. The summed E-state index contributed by atoms with van der Waals surface area (Å²) in [7, 11) is 0. The molecule has 4 saturated heterocycles. The standard InChI is InChI=1S/C18H35N3/c1-12(2)10-21-11-15-14-5-7-20(8-6-14)18(15)17(21)9-16(19)13(3)4/h12-18H,5-11,19H2,1-4H3. The van der Waals surface area contributed by atoms with Crippen molar-refractivity contribution in [3.05, 3.63) is 0 Å². The van der Waals surface area contributed by atoms with Gasteiger partial charge in [0.15, 0.2) is 0 Å². The Morgan fingerprint density at radius 1 is 1.10 bits per heavy atom. The van der Waals surface area contributed by atoms with Gasteiger partial charge in [-0.25, -0.2) is 0 Å². The van der Waals surface area contributed by atoms with E-state index >= 15 is 0 Å². The van der Waals surface area contributed by atoms with Crippen LogP contribution in [0.1, 0.15) is 47.0 Å². The van der Waals surface area contributed by atoms with Gasteiger partial charge in [-0.15, -0.1) is 0 Å². The van der Waals surface area contributed by atoms with Crippen LogP contribution in [0, 0.1) is 23.7 Å². The molecule has 4 aliphatic heterocycles. The molecule has 0 radical (unpaired) electrons. The molecular formula is C18H35N3. The van der Waals surface area contributed by atoms with Crippen LogP contribution in [0.2, 0.25) is 0 Å². The van der Waals surface area contributed by atoms with Crippen LogP contribution < -0.4 is 5.73 Å². The third kappa shape index (κ3) is 3.02. The Kier molecular flexibility index (Phi) is 4.63. The van der Waals surface area contributed by atoms with E-state index in [0.29, 0.717) is 18.0 Å². The van der Waals surface area contributed by atoms with E-state index in [1.54, 1.807) is 0 Å². The SMILES string of the molecule is CC(C)CN1CC2C3CCN(CC3)C2C1CC(N)C(C)C. The summed E-state index contributed by atoms with van der Waals surface area (Å²) in [6.45, 7) is 14.5. The molecule has 122 valence electrons. The van der Waals surface area contributed by atoms with Crippen molar-refractivity contribution in [2.75, 3.05) is 26.2 Å². The fraction of sp³-hybridized carbons (Fsp3) is 1.00. The van der Waals surface area contributed by atoms with Crippen molar-refractivity contribution < 1.29 is 0 Å². The molecule has 21 heavy (non-hydrogen) atoms. The fourth-order valence-corrected chi connectivity index (χ4v) is 5.12. The molecule has 0 aromatic carbocycles.